The van der Waals surface area contributed by atoms with Crippen molar-refractivity contribution in [3.05, 3.63) is 94.5 Å². The van der Waals surface area contributed by atoms with Crippen LogP contribution in [0, 0.1) is 0 Å². The van der Waals surface area contributed by atoms with Crippen molar-refractivity contribution in [1.82, 2.24) is 4.72 Å². The molecule has 2 N–H and O–H groups in total. The van der Waals surface area contributed by atoms with Crippen LogP contribution in [0.2, 0.25) is 5.02 Å². The number of rotatable bonds is 11. The third kappa shape index (κ3) is 6.66. The third-order valence-electron chi connectivity index (χ3n) is 5.30. The number of ketones is 1. The largest absolute Gasteiger partial charge is 0.497 e. The zero-order chi connectivity index (χ0) is 24.7. The second kappa shape index (κ2) is 11.3. The molecule has 0 aromatic heterocycles. The Balaban J connectivity index is 1.75. The van der Waals surface area contributed by atoms with Crippen LogP contribution in [0.25, 0.3) is 0 Å². The van der Waals surface area contributed by atoms with Crippen molar-refractivity contribution in [3.8, 4) is 5.75 Å². The van der Waals surface area contributed by atoms with Gasteiger partial charge >= 0.3 is 5.97 Å². The highest BCUT2D eigenvalue weighted by molar-refractivity contribution is 7.89. The number of ether oxygens (including phenoxy) is 1. The van der Waals surface area contributed by atoms with Gasteiger partial charge in [0.25, 0.3) is 0 Å². The van der Waals surface area contributed by atoms with Gasteiger partial charge in [-0.1, -0.05) is 29.8 Å². The molecule has 3 aromatic rings. The van der Waals surface area contributed by atoms with Gasteiger partial charge in [0.05, 0.1) is 18.4 Å². The number of carboxylic acids is 1. The Morgan fingerprint density at radius 1 is 1.00 bits per heavy atom. The summed E-state index contributed by atoms with van der Waals surface area (Å²) in [5.74, 6) is -1.08. The topological polar surface area (TPSA) is 110 Å². The number of methoxy groups -OCH3 is 1. The van der Waals surface area contributed by atoms with Crippen LogP contribution in [0.15, 0.2) is 77.7 Å². The molecule has 178 valence electrons. The maximum Gasteiger partial charge on any atom is 0.303 e. The summed E-state index contributed by atoms with van der Waals surface area (Å²) < 4.78 is 32.6. The first-order valence-corrected chi connectivity index (χ1v) is 12.3. The Morgan fingerprint density at radius 2 is 1.68 bits per heavy atom. The zero-order valence-electron chi connectivity index (χ0n) is 18.4. The molecule has 0 amide bonds. The number of carbonyl (C=O) groups excluding carboxylic acids is 1. The number of aliphatic carboxylic acids is 1. The Kier molecular flexibility index (Phi) is 8.44. The summed E-state index contributed by atoms with van der Waals surface area (Å²) in [5, 5.41) is 9.81. The minimum atomic E-state index is -3.77. The van der Waals surface area contributed by atoms with Gasteiger partial charge in [0.2, 0.25) is 10.0 Å². The van der Waals surface area contributed by atoms with Crippen molar-refractivity contribution in [2.24, 2.45) is 0 Å². The van der Waals surface area contributed by atoms with Crippen LogP contribution in [0.4, 0.5) is 0 Å². The highest BCUT2D eigenvalue weighted by Gasteiger charge is 2.20. The average molecular weight is 502 g/mol. The predicted molar refractivity (Wildman–Crippen MR) is 129 cm³/mol. The first-order valence-electron chi connectivity index (χ1n) is 10.5. The molecule has 34 heavy (non-hydrogen) atoms. The number of nitrogens with one attached hydrogen (secondary N) is 1. The summed E-state index contributed by atoms with van der Waals surface area (Å²) in [6.07, 6.45) is 0.0299. The van der Waals surface area contributed by atoms with Crippen LogP contribution in [0.5, 0.6) is 5.75 Å². The third-order valence-corrected chi connectivity index (χ3v) is 7.03. The Labute approximate surface area is 203 Å². The minimum absolute atomic E-state index is 0.0273. The standard InChI is InChI=1S/C25H24ClNO6S/c1-33-22-9-5-17(6-10-22)25(30)20-4-2-3-18(15-20)19(16-24(28)29)13-14-27-34(31,32)23-11-7-21(26)8-12-23/h2-12,15,19,27H,13-14,16H2,1H3,(H,28,29). The summed E-state index contributed by atoms with van der Waals surface area (Å²) in [4.78, 5) is 24.4. The number of halogens is 1. The van der Waals surface area contributed by atoms with Gasteiger partial charge in [-0.05, 0) is 72.5 Å². The van der Waals surface area contributed by atoms with E-state index in [1.54, 1.807) is 55.6 Å². The maximum atomic E-state index is 12.9. The van der Waals surface area contributed by atoms with E-state index < -0.39 is 21.9 Å². The van der Waals surface area contributed by atoms with Crippen LogP contribution in [0.1, 0.15) is 40.2 Å². The summed E-state index contributed by atoms with van der Waals surface area (Å²) >= 11 is 5.81. The van der Waals surface area contributed by atoms with Crippen molar-refractivity contribution in [1.29, 1.82) is 0 Å². The molecular formula is C25H24ClNO6S. The lowest BCUT2D eigenvalue weighted by Gasteiger charge is -2.17. The number of sulfonamides is 1. The maximum absolute atomic E-state index is 12.9. The fraction of sp³-hybridized carbons (Fsp3) is 0.200. The normalized spacial score (nSPS) is 12.2. The quantitative estimate of drug-likeness (QED) is 0.374. The Bertz CT molecular complexity index is 1260. The number of hydrogen-bond donors (Lipinski definition) is 2. The lowest BCUT2D eigenvalue weighted by molar-refractivity contribution is -0.137. The highest BCUT2D eigenvalue weighted by atomic mass is 35.5. The van der Waals surface area contributed by atoms with Crippen LogP contribution in [-0.2, 0) is 14.8 Å². The van der Waals surface area contributed by atoms with E-state index in [4.69, 9.17) is 16.3 Å². The molecule has 0 saturated heterocycles. The summed E-state index contributed by atoms with van der Waals surface area (Å²) in [6.45, 7) is 0.0273. The van der Waals surface area contributed by atoms with E-state index in [1.807, 2.05) is 0 Å². The molecule has 0 radical (unpaired) electrons. The second-order valence-corrected chi connectivity index (χ2v) is 9.82. The van der Waals surface area contributed by atoms with Crippen LogP contribution >= 0.6 is 11.6 Å². The van der Waals surface area contributed by atoms with E-state index in [0.29, 0.717) is 27.5 Å². The van der Waals surface area contributed by atoms with Crippen LogP contribution in [0.3, 0.4) is 0 Å². The van der Waals surface area contributed by atoms with Crippen LogP contribution in [-0.4, -0.2) is 38.9 Å². The van der Waals surface area contributed by atoms with Crippen molar-refractivity contribution in [3.63, 3.8) is 0 Å². The monoisotopic (exact) mass is 501 g/mol. The second-order valence-electron chi connectivity index (χ2n) is 7.62. The molecular weight excluding hydrogens is 478 g/mol. The molecule has 1 atom stereocenters. The van der Waals surface area contributed by atoms with Crippen molar-refractivity contribution in [2.75, 3.05) is 13.7 Å². The van der Waals surface area contributed by atoms with Gasteiger partial charge in [-0.25, -0.2) is 13.1 Å². The fourth-order valence-corrected chi connectivity index (χ4v) is 4.68. The fourth-order valence-electron chi connectivity index (χ4n) is 3.50. The molecule has 3 rings (SSSR count). The molecule has 0 aliphatic heterocycles. The van der Waals surface area contributed by atoms with Crippen molar-refractivity contribution < 1.29 is 27.9 Å². The van der Waals surface area contributed by atoms with Gasteiger partial charge in [-0.3, -0.25) is 9.59 Å². The summed E-state index contributed by atoms with van der Waals surface area (Å²) in [5.41, 5.74) is 1.54. The first kappa shape index (κ1) is 25.4. The van der Waals surface area contributed by atoms with Crippen LogP contribution < -0.4 is 9.46 Å². The lowest BCUT2D eigenvalue weighted by atomic mass is 9.90. The summed E-state index contributed by atoms with van der Waals surface area (Å²) in [7, 11) is -2.23. The summed E-state index contributed by atoms with van der Waals surface area (Å²) in [6, 6.07) is 19.2. The van der Waals surface area contributed by atoms with Gasteiger partial charge in [-0.15, -0.1) is 0 Å². The van der Waals surface area contributed by atoms with Gasteiger partial charge in [0.15, 0.2) is 5.78 Å². The number of hydrogen-bond acceptors (Lipinski definition) is 5. The predicted octanol–water partition coefficient (Wildman–Crippen LogP) is 4.51. The molecule has 0 aliphatic carbocycles. The van der Waals surface area contributed by atoms with E-state index in [-0.39, 0.29) is 30.1 Å². The smallest absolute Gasteiger partial charge is 0.303 e. The molecule has 0 heterocycles. The van der Waals surface area contributed by atoms with Gasteiger partial charge in [0, 0.05) is 22.7 Å². The van der Waals surface area contributed by atoms with Gasteiger partial charge in [-0.2, -0.15) is 0 Å². The number of benzene rings is 3. The highest BCUT2D eigenvalue weighted by Crippen LogP contribution is 2.26. The van der Waals surface area contributed by atoms with Crippen molar-refractivity contribution >= 4 is 33.4 Å². The molecule has 0 aliphatic rings. The minimum Gasteiger partial charge on any atom is -0.497 e. The zero-order valence-corrected chi connectivity index (χ0v) is 20.0. The molecule has 1 unspecified atom stereocenters. The Hall–Kier alpha value is -3.20. The molecule has 3 aromatic carbocycles. The van der Waals surface area contributed by atoms with E-state index in [2.05, 4.69) is 4.72 Å². The molecule has 9 heteroatoms. The van der Waals surface area contributed by atoms with E-state index in [0.717, 1.165) is 0 Å². The molecule has 0 saturated carbocycles. The van der Waals surface area contributed by atoms with Gasteiger partial charge in [0.1, 0.15) is 5.75 Å². The molecule has 7 nitrogen and oxygen atoms in total. The van der Waals surface area contributed by atoms with E-state index in [9.17, 15) is 23.1 Å². The van der Waals surface area contributed by atoms with Crippen molar-refractivity contribution in [2.45, 2.75) is 23.7 Å². The Morgan fingerprint density at radius 3 is 2.29 bits per heavy atom. The average Bonchev–Trinajstić information content (AvgIpc) is 2.83. The number of carbonyl (C=O) groups is 2. The van der Waals surface area contributed by atoms with E-state index >= 15 is 0 Å². The van der Waals surface area contributed by atoms with E-state index in [1.165, 1.54) is 24.3 Å². The molecule has 0 spiro atoms. The first-order chi connectivity index (χ1) is 16.2. The molecule has 0 fully saturated rings. The van der Waals surface area contributed by atoms with Gasteiger partial charge < -0.3 is 9.84 Å². The number of carboxylic acid groups (broad SMARTS) is 1. The molecule has 0 bridgehead atoms. The lowest BCUT2D eigenvalue weighted by Crippen LogP contribution is -2.26. The SMILES string of the molecule is COc1ccc(C(=O)c2cccc(C(CCNS(=O)(=O)c3ccc(Cl)cc3)CC(=O)O)c2)cc1.